The van der Waals surface area contributed by atoms with Crippen molar-refractivity contribution in [1.82, 2.24) is 4.90 Å². The fourth-order valence-electron chi connectivity index (χ4n) is 1.50. The third-order valence-corrected chi connectivity index (χ3v) is 2.43. The van der Waals surface area contributed by atoms with E-state index in [0.717, 1.165) is 12.8 Å². The van der Waals surface area contributed by atoms with Crippen molar-refractivity contribution in [3.8, 4) is 0 Å². The lowest BCUT2D eigenvalue weighted by Crippen LogP contribution is -2.32. The largest absolute Gasteiger partial charge is 0.349 e. The van der Waals surface area contributed by atoms with Crippen molar-refractivity contribution < 1.29 is 4.79 Å². The van der Waals surface area contributed by atoms with Crippen LogP contribution in [-0.2, 0) is 4.79 Å². The average Bonchev–Trinajstić information content (AvgIpc) is 2.04. The maximum absolute atomic E-state index is 11.7. The van der Waals surface area contributed by atoms with Gasteiger partial charge in [-0.15, -0.1) is 0 Å². The van der Waals surface area contributed by atoms with Gasteiger partial charge in [0.25, 0.3) is 0 Å². The molecule has 1 amide bonds. The molecule has 0 bridgehead atoms. The summed E-state index contributed by atoms with van der Waals surface area (Å²) in [7, 11) is 3.67. The van der Waals surface area contributed by atoms with E-state index in [-0.39, 0.29) is 11.8 Å². The molecule has 2 nitrogen and oxygen atoms in total. The molecule has 0 aliphatic carbocycles. The Labute approximate surface area is 82.3 Å². The van der Waals surface area contributed by atoms with Crippen LogP contribution >= 0.6 is 0 Å². The zero-order valence-electron chi connectivity index (χ0n) is 9.63. The first-order valence-corrected chi connectivity index (χ1v) is 5.21. The summed E-state index contributed by atoms with van der Waals surface area (Å²) in [6.07, 6.45) is 3.36. The Morgan fingerprint density at radius 3 is 2.15 bits per heavy atom. The molecule has 0 radical (unpaired) electrons. The Kier molecular flexibility index (Phi) is 5.76. The number of amides is 1. The molecule has 13 heavy (non-hydrogen) atoms. The highest BCUT2D eigenvalue weighted by molar-refractivity contribution is 5.78. The van der Waals surface area contributed by atoms with Crippen LogP contribution in [0.1, 0.15) is 40.0 Å². The van der Waals surface area contributed by atoms with Gasteiger partial charge in [-0.25, -0.2) is 0 Å². The van der Waals surface area contributed by atoms with Crippen LogP contribution in [0.4, 0.5) is 0 Å². The molecule has 0 aromatic heterocycles. The number of rotatable bonds is 5. The maximum Gasteiger partial charge on any atom is 0.225 e. The van der Waals surface area contributed by atoms with E-state index in [4.69, 9.17) is 0 Å². The SMILES string of the molecule is CCCCC(C(=O)N(C)C)C(C)C. The Hall–Kier alpha value is -0.530. The molecule has 0 spiro atoms. The van der Waals surface area contributed by atoms with Crippen molar-refractivity contribution in [2.24, 2.45) is 11.8 Å². The number of nitrogens with zero attached hydrogens (tertiary/aromatic N) is 1. The van der Waals surface area contributed by atoms with E-state index >= 15 is 0 Å². The van der Waals surface area contributed by atoms with Gasteiger partial charge in [0.05, 0.1) is 0 Å². The van der Waals surface area contributed by atoms with Crippen LogP contribution in [0.2, 0.25) is 0 Å². The maximum atomic E-state index is 11.7. The predicted octanol–water partition coefficient (Wildman–Crippen LogP) is 2.54. The van der Waals surface area contributed by atoms with Crippen LogP contribution in [0.5, 0.6) is 0 Å². The van der Waals surface area contributed by atoms with Crippen molar-refractivity contribution >= 4 is 5.91 Å². The van der Waals surface area contributed by atoms with Gasteiger partial charge in [0, 0.05) is 20.0 Å². The van der Waals surface area contributed by atoms with Crippen molar-refractivity contribution in [1.29, 1.82) is 0 Å². The lowest BCUT2D eigenvalue weighted by Gasteiger charge is -2.23. The summed E-state index contributed by atoms with van der Waals surface area (Å²) in [6.45, 7) is 6.42. The first-order chi connectivity index (χ1) is 6.00. The standard InChI is InChI=1S/C11H23NO/c1-6-7-8-10(9(2)3)11(13)12(4)5/h9-10H,6-8H2,1-5H3. The van der Waals surface area contributed by atoms with Crippen molar-refractivity contribution in [2.45, 2.75) is 40.0 Å². The minimum absolute atomic E-state index is 0.218. The molecule has 78 valence electrons. The second kappa shape index (κ2) is 6.01. The zero-order valence-corrected chi connectivity index (χ0v) is 9.63. The van der Waals surface area contributed by atoms with Crippen LogP contribution in [-0.4, -0.2) is 24.9 Å². The second-order valence-electron chi connectivity index (χ2n) is 4.23. The van der Waals surface area contributed by atoms with E-state index in [0.29, 0.717) is 5.92 Å². The van der Waals surface area contributed by atoms with E-state index < -0.39 is 0 Å². The molecule has 0 aliphatic heterocycles. The van der Waals surface area contributed by atoms with Gasteiger partial charge in [-0.2, -0.15) is 0 Å². The highest BCUT2D eigenvalue weighted by Crippen LogP contribution is 2.19. The molecular formula is C11H23NO. The minimum Gasteiger partial charge on any atom is -0.349 e. The fraction of sp³-hybridized carbons (Fsp3) is 0.909. The summed E-state index contributed by atoms with van der Waals surface area (Å²) in [5.74, 6) is 0.958. The van der Waals surface area contributed by atoms with Gasteiger partial charge in [-0.3, -0.25) is 4.79 Å². The van der Waals surface area contributed by atoms with E-state index in [9.17, 15) is 4.79 Å². The Morgan fingerprint density at radius 1 is 1.31 bits per heavy atom. The van der Waals surface area contributed by atoms with Crippen molar-refractivity contribution in [3.63, 3.8) is 0 Å². The summed E-state index contributed by atoms with van der Waals surface area (Å²) in [5.41, 5.74) is 0. The molecule has 0 saturated carbocycles. The molecule has 0 aromatic carbocycles. The molecule has 0 aromatic rings. The van der Waals surface area contributed by atoms with Gasteiger partial charge in [0.1, 0.15) is 0 Å². The molecule has 2 heteroatoms. The van der Waals surface area contributed by atoms with E-state index in [1.165, 1.54) is 6.42 Å². The molecule has 1 unspecified atom stereocenters. The topological polar surface area (TPSA) is 20.3 Å². The molecule has 0 saturated heterocycles. The van der Waals surface area contributed by atoms with E-state index in [1.54, 1.807) is 4.90 Å². The molecular weight excluding hydrogens is 162 g/mol. The average molecular weight is 185 g/mol. The van der Waals surface area contributed by atoms with Crippen LogP contribution in [0.25, 0.3) is 0 Å². The molecule has 0 fully saturated rings. The summed E-state index contributed by atoms with van der Waals surface area (Å²) in [5, 5.41) is 0. The molecule has 1 atom stereocenters. The van der Waals surface area contributed by atoms with Gasteiger partial charge < -0.3 is 4.90 Å². The summed E-state index contributed by atoms with van der Waals surface area (Å²) >= 11 is 0. The molecule has 0 rings (SSSR count). The van der Waals surface area contributed by atoms with Gasteiger partial charge in [0.15, 0.2) is 0 Å². The van der Waals surface area contributed by atoms with Crippen molar-refractivity contribution in [2.75, 3.05) is 14.1 Å². The number of carbonyl (C=O) groups is 1. The number of hydrogen-bond donors (Lipinski definition) is 0. The predicted molar refractivity (Wildman–Crippen MR) is 56.5 cm³/mol. The van der Waals surface area contributed by atoms with Crippen molar-refractivity contribution in [3.05, 3.63) is 0 Å². The monoisotopic (exact) mass is 185 g/mol. The number of carbonyl (C=O) groups excluding carboxylic acids is 1. The Morgan fingerprint density at radius 2 is 1.85 bits per heavy atom. The summed E-state index contributed by atoms with van der Waals surface area (Å²) in [6, 6.07) is 0. The lowest BCUT2D eigenvalue weighted by molar-refractivity contribution is -0.134. The van der Waals surface area contributed by atoms with Crippen LogP contribution < -0.4 is 0 Å². The third kappa shape index (κ3) is 4.30. The highest BCUT2D eigenvalue weighted by Gasteiger charge is 2.22. The van der Waals surface area contributed by atoms with Crippen LogP contribution in [0.3, 0.4) is 0 Å². The van der Waals surface area contributed by atoms with Gasteiger partial charge in [-0.05, 0) is 12.3 Å². The third-order valence-electron chi connectivity index (χ3n) is 2.43. The lowest BCUT2D eigenvalue weighted by atomic mass is 9.89. The van der Waals surface area contributed by atoms with E-state index in [1.807, 2.05) is 14.1 Å². The van der Waals surface area contributed by atoms with E-state index in [2.05, 4.69) is 20.8 Å². The van der Waals surface area contributed by atoms with Gasteiger partial charge >= 0.3 is 0 Å². The van der Waals surface area contributed by atoms with Gasteiger partial charge in [0.2, 0.25) is 5.91 Å². The summed E-state index contributed by atoms with van der Waals surface area (Å²) < 4.78 is 0. The minimum atomic E-state index is 0.218. The molecule has 0 heterocycles. The quantitative estimate of drug-likeness (QED) is 0.644. The normalized spacial score (nSPS) is 13.1. The summed E-state index contributed by atoms with van der Waals surface area (Å²) in [4.78, 5) is 13.4. The molecule has 0 N–H and O–H groups in total. The Balaban J connectivity index is 4.16. The second-order valence-corrected chi connectivity index (χ2v) is 4.23. The highest BCUT2D eigenvalue weighted by atomic mass is 16.2. The first-order valence-electron chi connectivity index (χ1n) is 5.21. The Bertz CT molecular complexity index is 152. The fourth-order valence-corrected chi connectivity index (χ4v) is 1.50. The number of unbranched alkanes of at least 4 members (excludes halogenated alkanes) is 1. The van der Waals surface area contributed by atoms with Crippen LogP contribution in [0, 0.1) is 11.8 Å². The number of hydrogen-bond acceptors (Lipinski definition) is 1. The van der Waals surface area contributed by atoms with Gasteiger partial charge in [-0.1, -0.05) is 33.6 Å². The first kappa shape index (κ1) is 12.5. The molecule has 0 aliphatic rings. The smallest absolute Gasteiger partial charge is 0.225 e. The van der Waals surface area contributed by atoms with Crippen LogP contribution in [0.15, 0.2) is 0 Å². The zero-order chi connectivity index (χ0) is 10.4.